The zero-order chi connectivity index (χ0) is 19.9. The molecule has 6 heteroatoms. The topological polar surface area (TPSA) is 66.5 Å². The third-order valence-corrected chi connectivity index (χ3v) is 5.55. The second kappa shape index (κ2) is 9.95. The SMILES string of the molecule is CCCCNC(=O)CCN(c1c(C(C)C)cccc1C(C)C)S(C)(=O)=O. The zero-order valence-corrected chi connectivity index (χ0v) is 17.8. The average Bonchev–Trinajstić information content (AvgIpc) is 2.53. The van der Waals surface area contributed by atoms with Gasteiger partial charge in [0.1, 0.15) is 0 Å². The van der Waals surface area contributed by atoms with Gasteiger partial charge in [-0.2, -0.15) is 0 Å². The molecule has 0 spiro atoms. The smallest absolute Gasteiger partial charge is 0.232 e. The Kier molecular flexibility index (Phi) is 8.60. The minimum Gasteiger partial charge on any atom is -0.356 e. The minimum atomic E-state index is -3.50. The summed E-state index contributed by atoms with van der Waals surface area (Å²) in [5, 5.41) is 2.86. The number of rotatable bonds is 10. The highest BCUT2D eigenvalue weighted by atomic mass is 32.2. The maximum absolute atomic E-state index is 12.5. The summed E-state index contributed by atoms with van der Waals surface area (Å²) in [7, 11) is -3.50. The largest absolute Gasteiger partial charge is 0.356 e. The molecule has 1 rings (SSSR count). The first-order valence-electron chi connectivity index (χ1n) is 9.46. The Morgan fingerprint density at radius 2 is 1.65 bits per heavy atom. The predicted molar refractivity (Wildman–Crippen MR) is 109 cm³/mol. The van der Waals surface area contributed by atoms with Gasteiger partial charge in [0.05, 0.1) is 11.9 Å². The molecular weight excluding hydrogens is 348 g/mol. The molecule has 0 radical (unpaired) electrons. The van der Waals surface area contributed by atoms with Crippen LogP contribution in [0.1, 0.15) is 76.8 Å². The molecule has 1 N–H and O–H groups in total. The summed E-state index contributed by atoms with van der Waals surface area (Å²) >= 11 is 0. The lowest BCUT2D eigenvalue weighted by Gasteiger charge is -2.29. The number of amides is 1. The van der Waals surface area contributed by atoms with Gasteiger partial charge in [-0.15, -0.1) is 0 Å². The van der Waals surface area contributed by atoms with Crippen molar-refractivity contribution in [3.63, 3.8) is 0 Å². The van der Waals surface area contributed by atoms with Crippen molar-refractivity contribution in [3.05, 3.63) is 29.3 Å². The van der Waals surface area contributed by atoms with Crippen LogP contribution >= 0.6 is 0 Å². The fourth-order valence-electron chi connectivity index (χ4n) is 2.94. The van der Waals surface area contributed by atoms with Crippen molar-refractivity contribution in [2.24, 2.45) is 0 Å². The van der Waals surface area contributed by atoms with Gasteiger partial charge in [-0.1, -0.05) is 59.2 Å². The lowest BCUT2D eigenvalue weighted by molar-refractivity contribution is -0.120. The van der Waals surface area contributed by atoms with Crippen molar-refractivity contribution in [1.82, 2.24) is 5.32 Å². The van der Waals surface area contributed by atoms with Gasteiger partial charge in [0.25, 0.3) is 0 Å². The number of nitrogens with zero attached hydrogens (tertiary/aromatic N) is 1. The van der Waals surface area contributed by atoms with Crippen molar-refractivity contribution in [1.29, 1.82) is 0 Å². The third-order valence-electron chi connectivity index (χ3n) is 4.39. The Bertz CT molecular complexity index is 671. The van der Waals surface area contributed by atoms with Gasteiger partial charge < -0.3 is 5.32 Å². The molecule has 0 aromatic heterocycles. The molecule has 0 aliphatic heterocycles. The van der Waals surface area contributed by atoms with E-state index >= 15 is 0 Å². The van der Waals surface area contributed by atoms with E-state index in [0.717, 1.165) is 29.7 Å². The van der Waals surface area contributed by atoms with E-state index in [2.05, 4.69) is 39.9 Å². The summed E-state index contributed by atoms with van der Waals surface area (Å²) in [5.41, 5.74) is 2.72. The summed E-state index contributed by atoms with van der Waals surface area (Å²) < 4.78 is 26.5. The van der Waals surface area contributed by atoms with Crippen LogP contribution in [-0.2, 0) is 14.8 Å². The van der Waals surface area contributed by atoms with Crippen LogP contribution in [0.25, 0.3) is 0 Å². The quantitative estimate of drug-likeness (QED) is 0.622. The second-order valence-electron chi connectivity index (χ2n) is 7.38. The van der Waals surface area contributed by atoms with Crippen LogP contribution in [0, 0.1) is 0 Å². The summed E-state index contributed by atoms with van der Waals surface area (Å²) in [5.74, 6) is 0.262. The first-order valence-corrected chi connectivity index (χ1v) is 11.3. The normalized spacial score (nSPS) is 11.8. The van der Waals surface area contributed by atoms with Crippen molar-refractivity contribution in [2.75, 3.05) is 23.7 Å². The molecule has 0 aliphatic carbocycles. The van der Waals surface area contributed by atoms with Crippen molar-refractivity contribution in [2.45, 2.75) is 65.7 Å². The Labute approximate surface area is 159 Å². The maximum atomic E-state index is 12.5. The van der Waals surface area contributed by atoms with Crippen molar-refractivity contribution in [3.8, 4) is 0 Å². The van der Waals surface area contributed by atoms with Crippen LogP contribution < -0.4 is 9.62 Å². The average molecular weight is 383 g/mol. The first kappa shape index (κ1) is 22.5. The van der Waals surface area contributed by atoms with E-state index in [1.54, 1.807) is 0 Å². The molecule has 148 valence electrons. The van der Waals surface area contributed by atoms with E-state index in [-0.39, 0.29) is 30.7 Å². The van der Waals surface area contributed by atoms with E-state index in [1.165, 1.54) is 10.6 Å². The molecule has 1 aromatic carbocycles. The molecule has 0 saturated heterocycles. The minimum absolute atomic E-state index is 0.111. The number of unbranched alkanes of at least 4 members (excludes halogenated alkanes) is 1. The number of benzene rings is 1. The van der Waals surface area contributed by atoms with Gasteiger partial charge in [-0.05, 0) is 29.4 Å². The standard InChI is InChI=1S/C20H34N2O3S/c1-7-8-13-21-19(23)12-14-22(26(6,24)25)20-17(15(2)3)10-9-11-18(20)16(4)5/h9-11,15-16H,7-8,12-14H2,1-6H3,(H,21,23). The fraction of sp³-hybridized carbons (Fsp3) is 0.650. The van der Waals surface area contributed by atoms with Gasteiger partial charge in [0, 0.05) is 19.5 Å². The van der Waals surface area contributed by atoms with Crippen molar-refractivity contribution >= 4 is 21.6 Å². The summed E-state index contributed by atoms with van der Waals surface area (Å²) in [6.45, 7) is 11.1. The molecule has 26 heavy (non-hydrogen) atoms. The van der Waals surface area contributed by atoms with E-state index in [4.69, 9.17) is 0 Å². The van der Waals surface area contributed by atoms with Crippen LogP contribution in [0.4, 0.5) is 5.69 Å². The molecule has 0 aliphatic rings. The molecule has 1 aromatic rings. The predicted octanol–water partition coefficient (Wildman–Crippen LogP) is 4.01. The fourth-order valence-corrected chi connectivity index (χ4v) is 3.90. The summed E-state index contributed by atoms with van der Waals surface area (Å²) in [4.78, 5) is 12.1. The van der Waals surface area contributed by atoms with Crippen molar-refractivity contribution < 1.29 is 13.2 Å². The molecule has 0 unspecified atom stereocenters. The van der Waals surface area contributed by atoms with Crippen LogP contribution in [0.2, 0.25) is 0 Å². The Hall–Kier alpha value is -1.56. The molecule has 0 bridgehead atoms. The number of hydrogen-bond acceptors (Lipinski definition) is 3. The highest BCUT2D eigenvalue weighted by molar-refractivity contribution is 7.92. The first-order chi connectivity index (χ1) is 12.1. The van der Waals surface area contributed by atoms with Crippen LogP contribution in [-0.4, -0.2) is 33.7 Å². The monoisotopic (exact) mass is 382 g/mol. The Balaban J connectivity index is 3.20. The van der Waals surface area contributed by atoms with Gasteiger partial charge in [-0.3, -0.25) is 9.10 Å². The number of hydrogen-bond donors (Lipinski definition) is 1. The molecule has 5 nitrogen and oxygen atoms in total. The van der Waals surface area contributed by atoms with E-state index < -0.39 is 10.0 Å². The van der Waals surface area contributed by atoms with E-state index in [0.29, 0.717) is 6.54 Å². The van der Waals surface area contributed by atoms with Gasteiger partial charge in [0.2, 0.25) is 15.9 Å². The lowest BCUT2D eigenvalue weighted by Crippen LogP contribution is -2.36. The van der Waals surface area contributed by atoms with Crippen LogP contribution in [0.15, 0.2) is 18.2 Å². The van der Waals surface area contributed by atoms with E-state index in [1.807, 2.05) is 18.2 Å². The molecule has 0 fully saturated rings. The molecule has 1 amide bonds. The number of anilines is 1. The number of carbonyl (C=O) groups excluding carboxylic acids is 1. The molecule has 0 atom stereocenters. The second-order valence-corrected chi connectivity index (χ2v) is 9.29. The number of sulfonamides is 1. The number of para-hydroxylation sites is 1. The van der Waals surface area contributed by atoms with Gasteiger partial charge in [-0.25, -0.2) is 8.42 Å². The third kappa shape index (κ3) is 6.31. The maximum Gasteiger partial charge on any atom is 0.232 e. The Morgan fingerprint density at radius 3 is 2.08 bits per heavy atom. The molecule has 0 heterocycles. The number of nitrogens with one attached hydrogen (secondary N) is 1. The number of carbonyl (C=O) groups is 1. The highest BCUT2D eigenvalue weighted by Crippen LogP contribution is 2.36. The molecular formula is C20H34N2O3S. The highest BCUT2D eigenvalue weighted by Gasteiger charge is 2.26. The molecule has 0 saturated carbocycles. The van der Waals surface area contributed by atoms with Crippen LogP contribution in [0.3, 0.4) is 0 Å². The summed E-state index contributed by atoms with van der Waals surface area (Å²) in [6, 6.07) is 5.93. The van der Waals surface area contributed by atoms with Gasteiger partial charge in [0.15, 0.2) is 0 Å². The summed E-state index contributed by atoms with van der Waals surface area (Å²) in [6.07, 6.45) is 3.30. The van der Waals surface area contributed by atoms with E-state index in [9.17, 15) is 13.2 Å². The Morgan fingerprint density at radius 1 is 1.12 bits per heavy atom. The zero-order valence-electron chi connectivity index (χ0n) is 17.0. The van der Waals surface area contributed by atoms with Gasteiger partial charge >= 0.3 is 0 Å². The lowest BCUT2D eigenvalue weighted by atomic mass is 9.92. The van der Waals surface area contributed by atoms with Crippen LogP contribution in [0.5, 0.6) is 0 Å².